The number of carbonyl (C=O) groups excluding carboxylic acids is 1. The average Bonchev–Trinajstić information content (AvgIpc) is 3.11. The molecule has 2 fully saturated rings. The number of hydrogen-bond donors (Lipinski definition) is 0. The van der Waals surface area contributed by atoms with E-state index in [1.165, 1.54) is 0 Å². The van der Waals surface area contributed by atoms with Crippen LogP contribution in [-0.4, -0.2) is 56.7 Å². The van der Waals surface area contributed by atoms with Gasteiger partial charge in [0, 0.05) is 29.1 Å². The van der Waals surface area contributed by atoms with Gasteiger partial charge in [0.1, 0.15) is 11.4 Å². The minimum atomic E-state index is -0.526. The Balaban J connectivity index is 1.36. The third-order valence-corrected chi connectivity index (χ3v) is 7.51. The molecule has 1 amide bonds. The average molecular weight is 536 g/mol. The van der Waals surface area contributed by atoms with Gasteiger partial charge in [-0.25, -0.2) is 9.78 Å². The number of ether oxygens (including phenoxy) is 1. The molecule has 4 heterocycles. The van der Waals surface area contributed by atoms with Crippen molar-refractivity contribution >= 4 is 56.9 Å². The summed E-state index contributed by atoms with van der Waals surface area (Å²) in [6, 6.07) is 16.0. The molecule has 2 aromatic carbocycles. The van der Waals surface area contributed by atoms with E-state index < -0.39 is 5.60 Å². The van der Waals surface area contributed by atoms with Gasteiger partial charge in [-0.15, -0.1) is 0 Å². The molecule has 2 saturated heterocycles. The van der Waals surface area contributed by atoms with Crippen LogP contribution in [0.1, 0.15) is 33.6 Å². The fourth-order valence-corrected chi connectivity index (χ4v) is 6.00. The minimum Gasteiger partial charge on any atom is -0.444 e. The molecule has 2 bridgehead atoms. The fraction of sp³-hybridized carbons (Fsp3) is 0.357. The molecule has 6 rings (SSSR count). The van der Waals surface area contributed by atoms with Gasteiger partial charge in [-0.05, 0) is 68.8 Å². The van der Waals surface area contributed by atoms with Gasteiger partial charge in [-0.3, -0.25) is 4.90 Å². The molecule has 0 saturated carbocycles. The Hall–Kier alpha value is -3.16. The summed E-state index contributed by atoms with van der Waals surface area (Å²) >= 11 is 13.0. The molecular formula is C28H27Cl2N5O2. The van der Waals surface area contributed by atoms with Crippen molar-refractivity contribution in [2.75, 3.05) is 18.0 Å². The normalized spacial score (nSPS) is 19.6. The van der Waals surface area contributed by atoms with E-state index in [1.54, 1.807) is 0 Å². The van der Waals surface area contributed by atoms with Gasteiger partial charge in [0.05, 0.1) is 23.2 Å². The molecule has 4 aromatic rings. The summed E-state index contributed by atoms with van der Waals surface area (Å²) in [4.78, 5) is 30.9. The van der Waals surface area contributed by atoms with Crippen molar-refractivity contribution in [1.82, 2.24) is 19.9 Å². The number of fused-ring (bicyclic) bond motifs is 4. The number of benzene rings is 2. The maximum atomic E-state index is 12.9. The number of rotatable bonds is 2. The number of nitrogens with zero attached hydrogens (tertiary/aromatic N) is 5. The van der Waals surface area contributed by atoms with E-state index in [1.807, 2.05) is 74.2 Å². The lowest BCUT2D eigenvalue weighted by Crippen LogP contribution is -2.57. The van der Waals surface area contributed by atoms with E-state index in [0.29, 0.717) is 23.8 Å². The number of carbonyl (C=O) groups is 1. The zero-order chi connectivity index (χ0) is 25.9. The Labute approximate surface area is 225 Å². The van der Waals surface area contributed by atoms with Crippen molar-refractivity contribution in [2.45, 2.75) is 51.3 Å². The Morgan fingerprint density at radius 3 is 2.35 bits per heavy atom. The number of aromatic nitrogens is 3. The third kappa shape index (κ3) is 4.44. The monoisotopic (exact) mass is 535 g/mol. The lowest BCUT2D eigenvalue weighted by molar-refractivity contribution is 0.0123. The van der Waals surface area contributed by atoms with E-state index >= 15 is 0 Å². The number of piperazine rings is 1. The second-order valence-corrected chi connectivity index (χ2v) is 11.5. The van der Waals surface area contributed by atoms with Gasteiger partial charge < -0.3 is 9.64 Å². The highest BCUT2D eigenvalue weighted by molar-refractivity contribution is 6.36. The van der Waals surface area contributed by atoms with Crippen molar-refractivity contribution in [1.29, 1.82) is 0 Å². The van der Waals surface area contributed by atoms with Gasteiger partial charge in [0.15, 0.2) is 5.65 Å². The highest BCUT2D eigenvalue weighted by atomic mass is 35.5. The molecule has 2 aliphatic rings. The van der Waals surface area contributed by atoms with E-state index in [4.69, 9.17) is 32.9 Å². The molecule has 37 heavy (non-hydrogen) atoms. The quantitative estimate of drug-likeness (QED) is 0.264. The summed E-state index contributed by atoms with van der Waals surface area (Å²) < 4.78 is 5.68. The molecule has 0 spiro atoms. The van der Waals surface area contributed by atoms with Crippen LogP contribution in [0.2, 0.25) is 10.3 Å². The predicted molar refractivity (Wildman–Crippen MR) is 147 cm³/mol. The van der Waals surface area contributed by atoms with Crippen molar-refractivity contribution < 1.29 is 9.53 Å². The number of anilines is 1. The van der Waals surface area contributed by atoms with E-state index in [2.05, 4.69) is 14.9 Å². The first-order valence-corrected chi connectivity index (χ1v) is 13.2. The molecule has 0 radical (unpaired) electrons. The second-order valence-electron chi connectivity index (χ2n) is 10.7. The lowest BCUT2D eigenvalue weighted by Gasteiger charge is -2.42. The maximum Gasteiger partial charge on any atom is 0.410 e. The van der Waals surface area contributed by atoms with E-state index in [0.717, 1.165) is 46.1 Å². The fourth-order valence-electron chi connectivity index (χ4n) is 5.56. The zero-order valence-electron chi connectivity index (χ0n) is 20.9. The smallest absolute Gasteiger partial charge is 0.410 e. The van der Waals surface area contributed by atoms with Gasteiger partial charge in [-0.1, -0.05) is 41.9 Å². The molecule has 2 aliphatic heterocycles. The van der Waals surface area contributed by atoms with E-state index in [-0.39, 0.29) is 23.5 Å². The standard InChI is InChI=1S/C28H27Cl2N5O2/c1-28(2,3)37-27(36)35-17-10-11-18(35)15-34(14-17)25-20-12-13-22(31-24(20)32-26(30)33-25)19-8-4-6-16-7-5-9-21(29)23(16)19/h4-9,12-13,17-18H,10-11,14-15H2,1-3H3. The summed E-state index contributed by atoms with van der Waals surface area (Å²) in [6.07, 6.45) is 1.62. The molecule has 190 valence electrons. The van der Waals surface area contributed by atoms with Gasteiger partial charge in [0.25, 0.3) is 0 Å². The third-order valence-electron chi connectivity index (χ3n) is 7.03. The molecule has 9 heteroatoms. The minimum absolute atomic E-state index is 0.0578. The molecule has 7 nitrogen and oxygen atoms in total. The van der Waals surface area contributed by atoms with Crippen molar-refractivity contribution in [3.05, 3.63) is 58.8 Å². The van der Waals surface area contributed by atoms with Crippen LogP contribution in [0.5, 0.6) is 0 Å². The topological polar surface area (TPSA) is 71.5 Å². The molecule has 0 aliphatic carbocycles. The molecule has 2 aromatic heterocycles. The maximum absolute atomic E-state index is 12.9. The van der Waals surface area contributed by atoms with Crippen LogP contribution in [0.25, 0.3) is 33.1 Å². The van der Waals surface area contributed by atoms with Crippen LogP contribution in [0.4, 0.5) is 10.6 Å². The highest BCUT2D eigenvalue weighted by Gasteiger charge is 2.45. The SMILES string of the molecule is CC(C)(C)OC(=O)N1C2CCC1CN(c1nc(Cl)nc3nc(-c4cccc5cccc(Cl)c45)ccc13)C2. The Morgan fingerprint density at radius 1 is 0.946 bits per heavy atom. The van der Waals surface area contributed by atoms with Gasteiger partial charge >= 0.3 is 6.09 Å². The summed E-state index contributed by atoms with van der Waals surface area (Å²) in [7, 11) is 0. The number of pyridine rings is 1. The van der Waals surface area contributed by atoms with Crippen LogP contribution in [0.15, 0.2) is 48.5 Å². The van der Waals surface area contributed by atoms with Crippen LogP contribution < -0.4 is 4.90 Å². The number of halogens is 2. The van der Waals surface area contributed by atoms with Crippen LogP contribution >= 0.6 is 23.2 Å². The van der Waals surface area contributed by atoms with E-state index in [9.17, 15) is 4.79 Å². The lowest BCUT2D eigenvalue weighted by atomic mass is 10.0. The number of amides is 1. The van der Waals surface area contributed by atoms with Crippen molar-refractivity contribution in [2.24, 2.45) is 0 Å². The van der Waals surface area contributed by atoms with Crippen molar-refractivity contribution in [3.8, 4) is 11.3 Å². The van der Waals surface area contributed by atoms with Gasteiger partial charge in [0.2, 0.25) is 5.28 Å². The number of hydrogen-bond acceptors (Lipinski definition) is 6. The van der Waals surface area contributed by atoms with Crippen LogP contribution in [-0.2, 0) is 4.74 Å². The Kier molecular flexibility index (Phi) is 5.88. The Morgan fingerprint density at radius 2 is 1.65 bits per heavy atom. The molecule has 2 atom stereocenters. The largest absolute Gasteiger partial charge is 0.444 e. The first-order chi connectivity index (χ1) is 17.7. The second kappa shape index (κ2) is 8.99. The van der Waals surface area contributed by atoms with Crippen molar-refractivity contribution in [3.63, 3.8) is 0 Å². The first-order valence-electron chi connectivity index (χ1n) is 12.5. The van der Waals surface area contributed by atoms with Crippen LogP contribution in [0, 0.1) is 0 Å². The van der Waals surface area contributed by atoms with Crippen LogP contribution in [0.3, 0.4) is 0 Å². The summed E-state index contributed by atoms with van der Waals surface area (Å²) in [5, 5.41) is 3.64. The van der Waals surface area contributed by atoms with Gasteiger partial charge in [-0.2, -0.15) is 9.97 Å². The summed E-state index contributed by atoms with van der Waals surface area (Å²) in [5.41, 5.74) is 1.70. The molecule has 0 N–H and O–H groups in total. The Bertz CT molecular complexity index is 1520. The molecular weight excluding hydrogens is 509 g/mol. The summed E-state index contributed by atoms with van der Waals surface area (Å²) in [5.74, 6) is 0.741. The first kappa shape index (κ1) is 24.2. The molecule has 2 unspecified atom stereocenters. The highest BCUT2D eigenvalue weighted by Crippen LogP contribution is 2.37. The zero-order valence-corrected chi connectivity index (χ0v) is 22.4. The predicted octanol–water partition coefficient (Wildman–Crippen LogP) is 6.74. The summed E-state index contributed by atoms with van der Waals surface area (Å²) in [6.45, 7) is 6.99.